The first-order valence-corrected chi connectivity index (χ1v) is 8.29. The molecule has 7 heteroatoms. The molecule has 106 valence electrons. The molecule has 0 aromatic rings. The lowest BCUT2D eigenvalue weighted by atomic mass is 10.3. The Kier molecular flexibility index (Phi) is 13.3. The van der Waals surface area contributed by atoms with Crippen molar-refractivity contribution in [2.45, 2.75) is 31.1 Å². The number of thiocarbonyl (C=S) groups is 2. The third-order valence-electron chi connectivity index (χ3n) is 1.93. The second-order valence-corrected chi connectivity index (χ2v) is 6.04. The van der Waals surface area contributed by atoms with Crippen LogP contribution in [0.2, 0.25) is 0 Å². The highest BCUT2D eigenvalue weighted by atomic mass is 35.5. The Morgan fingerprint density at radius 1 is 0.944 bits per heavy atom. The molecule has 0 aliphatic carbocycles. The van der Waals surface area contributed by atoms with Crippen molar-refractivity contribution in [3.05, 3.63) is 0 Å². The molecule has 0 N–H and O–H groups in total. The predicted octanol–water partition coefficient (Wildman–Crippen LogP) is 3.70. The number of ether oxygens (including phenoxy) is 2. The van der Waals surface area contributed by atoms with Gasteiger partial charge in [-0.05, 0) is 48.8 Å². The van der Waals surface area contributed by atoms with Gasteiger partial charge in [0.05, 0.1) is 0 Å². The fraction of sp³-hybridized carbons (Fsp3) is 0.818. The molecule has 0 rings (SSSR count). The highest BCUT2D eigenvalue weighted by Crippen LogP contribution is 2.04. The van der Waals surface area contributed by atoms with Crippen LogP contribution in [0, 0.1) is 0 Å². The van der Waals surface area contributed by atoms with Gasteiger partial charge in [0.15, 0.2) is 10.1 Å². The van der Waals surface area contributed by atoms with Crippen LogP contribution in [0.5, 0.6) is 0 Å². The fourth-order valence-electron chi connectivity index (χ4n) is 1.01. The molecule has 0 aromatic heterocycles. The standard InChI is InChI=1S/C11H19ClO2S4/c12-9(7-13-10(17)3-1-5-15)8-14-11(18)4-2-6-16/h9,15-16H,1-8H2. The van der Waals surface area contributed by atoms with Crippen LogP contribution in [0.15, 0.2) is 0 Å². The van der Waals surface area contributed by atoms with Crippen molar-refractivity contribution in [3.63, 3.8) is 0 Å². The summed E-state index contributed by atoms with van der Waals surface area (Å²) in [5.74, 6) is 1.60. The van der Waals surface area contributed by atoms with Crippen LogP contribution in [-0.2, 0) is 9.47 Å². The lowest BCUT2D eigenvalue weighted by Crippen LogP contribution is -2.20. The number of thiol groups is 2. The van der Waals surface area contributed by atoms with Gasteiger partial charge >= 0.3 is 0 Å². The molecule has 0 saturated heterocycles. The average molecular weight is 347 g/mol. The second-order valence-electron chi connectivity index (χ2n) is 3.62. The first kappa shape index (κ1) is 18.8. The van der Waals surface area contributed by atoms with Crippen LogP contribution in [-0.4, -0.2) is 40.2 Å². The van der Waals surface area contributed by atoms with Crippen LogP contribution in [0.4, 0.5) is 0 Å². The summed E-state index contributed by atoms with van der Waals surface area (Å²) >= 11 is 24.3. The minimum atomic E-state index is -0.243. The molecule has 0 aromatic carbocycles. The number of alkyl halides is 1. The van der Waals surface area contributed by atoms with E-state index in [1.54, 1.807) is 0 Å². The van der Waals surface area contributed by atoms with Crippen LogP contribution in [0.3, 0.4) is 0 Å². The lowest BCUT2D eigenvalue weighted by Gasteiger charge is -2.13. The number of hydrogen-bond donors (Lipinski definition) is 2. The van der Waals surface area contributed by atoms with Gasteiger partial charge in [0, 0.05) is 12.8 Å². The normalized spacial score (nSPS) is 10.4. The molecule has 0 atom stereocenters. The quantitative estimate of drug-likeness (QED) is 0.357. The first-order valence-electron chi connectivity index (χ1n) is 5.77. The third-order valence-corrected chi connectivity index (χ3v) is 3.46. The summed E-state index contributed by atoms with van der Waals surface area (Å²) in [5.41, 5.74) is 0. The summed E-state index contributed by atoms with van der Waals surface area (Å²) < 4.78 is 10.7. The van der Waals surface area contributed by atoms with Gasteiger partial charge in [0.2, 0.25) is 0 Å². The lowest BCUT2D eigenvalue weighted by molar-refractivity contribution is 0.238. The molecule has 0 aliphatic heterocycles. The molecule has 0 aliphatic rings. The van der Waals surface area contributed by atoms with Gasteiger partial charge in [-0.15, -0.1) is 11.6 Å². The van der Waals surface area contributed by atoms with E-state index < -0.39 is 0 Å². The number of hydrogen-bond acceptors (Lipinski definition) is 6. The zero-order valence-electron chi connectivity index (χ0n) is 10.1. The van der Waals surface area contributed by atoms with E-state index in [0.717, 1.165) is 37.2 Å². The van der Waals surface area contributed by atoms with Gasteiger partial charge in [0.1, 0.15) is 18.6 Å². The molecule has 2 nitrogen and oxygen atoms in total. The Morgan fingerprint density at radius 2 is 1.33 bits per heavy atom. The van der Waals surface area contributed by atoms with E-state index in [-0.39, 0.29) is 5.38 Å². The molecule has 0 heterocycles. The maximum atomic E-state index is 6.04. The van der Waals surface area contributed by atoms with Gasteiger partial charge in [-0.25, -0.2) is 0 Å². The fourth-order valence-corrected chi connectivity index (χ4v) is 1.87. The van der Waals surface area contributed by atoms with Crippen LogP contribution in [0.1, 0.15) is 25.7 Å². The SMILES string of the molecule is S=C(CCCS)OCC(Cl)COC(=S)CCCS. The van der Waals surface area contributed by atoms with E-state index in [1.165, 1.54) is 0 Å². The van der Waals surface area contributed by atoms with Crippen LogP contribution >= 0.6 is 61.3 Å². The molecule has 0 bridgehead atoms. The van der Waals surface area contributed by atoms with Crippen molar-refractivity contribution < 1.29 is 9.47 Å². The Labute approximate surface area is 136 Å². The van der Waals surface area contributed by atoms with Gasteiger partial charge in [-0.2, -0.15) is 25.3 Å². The molecule has 0 amide bonds. The van der Waals surface area contributed by atoms with Crippen molar-refractivity contribution >= 4 is 71.4 Å². The molecular formula is C11H19ClO2S4. The Bertz CT molecular complexity index is 227. The van der Waals surface area contributed by atoms with Crippen molar-refractivity contribution in [2.75, 3.05) is 24.7 Å². The highest BCUT2D eigenvalue weighted by Gasteiger charge is 2.09. The van der Waals surface area contributed by atoms with Gasteiger partial charge in [-0.3, -0.25) is 0 Å². The summed E-state index contributed by atoms with van der Waals surface area (Å²) in [6, 6.07) is 0. The molecule has 0 unspecified atom stereocenters. The zero-order valence-corrected chi connectivity index (χ0v) is 14.3. The molecule has 18 heavy (non-hydrogen) atoms. The van der Waals surface area contributed by atoms with E-state index in [2.05, 4.69) is 25.3 Å². The Hall–Kier alpha value is 0.770. The van der Waals surface area contributed by atoms with E-state index in [0.29, 0.717) is 23.3 Å². The maximum absolute atomic E-state index is 6.04. The zero-order chi connectivity index (χ0) is 13.8. The van der Waals surface area contributed by atoms with E-state index in [4.69, 9.17) is 45.5 Å². The summed E-state index contributed by atoms with van der Waals surface area (Å²) in [6.45, 7) is 0.699. The average Bonchev–Trinajstić information content (AvgIpc) is 2.37. The number of halogens is 1. The molecular weight excluding hydrogens is 328 g/mol. The minimum Gasteiger partial charge on any atom is -0.485 e. The van der Waals surface area contributed by atoms with Crippen molar-refractivity contribution in [1.82, 2.24) is 0 Å². The largest absolute Gasteiger partial charge is 0.485 e. The first-order chi connectivity index (χ1) is 8.60. The van der Waals surface area contributed by atoms with Gasteiger partial charge in [0.25, 0.3) is 0 Å². The van der Waals surface area contributed by atoms with Crippen LogP contribution < -0.4 is 0 Å². The minimum absolute atomic E-state index is 0.243. The summed E-state index contributed by atoms with van der Waals surface area (Å²) in [5, 5.41) is 0.910. The predicted molar refractivity (Wildman–Crippen MR) is 92.9 cm³/mol. The third kappa shape index (κ3) is 11.8. The smallest absolute Gasteiger partial charge is 0.159 e. The van der Waals surface area contributed by atoms with Gasteiger partial charge in [-0.1, -0.05) is 0 Å². The molecule has 0 fully saturated rings. The molecule has 0 saturated carbocycles. The summed E-state index contributed by atoms with van der Waals surface area (Å²) in [4.78, 5) is 0. The van der Waals surface area contributed by atoms with Crippen molar-refractivity contribution in [2.24, 2.45) is 0 Å². The highest BCUT2D eigenvalue weighted by molar-refractivity contribution is 7.80. The molecule has 0 radical (unpaired) electrons. The van der Waals surface area contributed by atoms with E-state index >= 15 is 0 Å². The van der Waals surface area contributed by atoms with Crippen LogP contribution in [0.25, 0.3) is 0 Å². The summed E-state index contributed by atoms with van der Waals surface area (Å²) in [7, 11) is 0. The van der Waals surface area contributed by atoms with E-state index in [9.17, 15) is 0 Å². The topological polar surface area (TPSA) is 18.5 Å². The number of rotatable bonds is 10. The summed E-state index contributed by atoms with van der Waals surface area (Å²) in [6.07, 6.45) is 3.31. The Morgan fingerprint density at radius 3 is 1.67 bits per heavy atom. The van der Waals surface area contributed by atoms with E-state index in [1.807, 2.05) is 0 Å². The van der Waals surface area contributed by atoms with Gasteiger partial charge < -0.3 is 9.47 Å². The van der Waals surface area contributed by atoms with Crippen molar-refractivity contribution in [1.29, 1.82) is 0 Å². The van der Waals surface area contributed by atoms with Crippen molar-refractivity contribution in [3.8, 4) is 0 Å². The monoisotopic (exact) mass is 346 g/mol. The second kappa shape index (κ2) is 12.8. The maximum Gasteiger partial charge on any atom is 0.159 e. The Balaban J connectivity index is 3.55. The molecule has 0 spiro atoms.